The van der Waals surface area contributed by atoms with Crippen molar-refractivity contribution in [3.05, 3.63) is 5.69 Å². The number of anilines is 1. The molecule has 0 saturated heterocycles. The Balaban J connectivity index is 2.33. The van der Waals surface area contributed by atoms with E-state index in [1.54, 1.807) is 0 Å². The van der Waals surface area contributed by atoms with Gasteiger partial charge in [-0.3, -0.25) is 0 Å². The van der Waals surface area contributed by atoms with Crippen molar-refractivity contribution in [1.29, 1.82) is 0 Å². The number of amidine groups is 1. The Hall–Kier alpha value is -2.19. The highest BCUT2D eigenvalue weighted by Gasteiger charge is 2.27. The maximum Gasteiger partial charge on any atom is 0.249 e. The zero-order valence-electron chi connectivity index (χ0n) is 5.62. The fourth-order valence-electron chi connectivity index (χ4n) is 0.637. The van der Waals surface area contributed by atoms with E-state index in [9.17, 15) is 0 Å². The Kier molecular flexibility index (Phi) is 1.17. The molecule has 0 radical (unpaired) electrons. The van der Waals surface area contributed by atoms with Crippen LogP contribution in [0.15, 0.2) is 20.2 Å². The molecular formula is C3H3N7O2. The molecule has 0 aromatic carbocycles. The zero-order chi connectivity index (χ0) is 8.55. The number of hydrogen-bond donors (Lipinski definition) is 2. The van der Waals surface area contributed by atoms with E-state index < -0.39 is 0 Å². The third-order valence-corrected chi connectivity index (χ3v) is 1.19. The SMILES string of the molecule is Nc1nonc1/C(=N\O)N1N=N1. The lowest BCUT2D eigenvalue weighted by atomic mass is 10.4. The van der Waals surface area contributed by atoms with Gasteiger partial charge in [0.1, 0.15) is 0 Å². The fourth-order valence-corrected chi connectivity index (χ4v) is 0.637. The van der Waals surface area contributed by atoms with Crippen LogP contribution in [0, 0.1) is 0 Å². The predicted molar refractivity (Wildman–Crippen MR) is 33.7 cm³/mol. The maximum atomic E-state index is 8.49. The van der Waals surface area contributed by atoms with Gasteiger partial charge in [0.15, 0.2) is 5.82 Å². The zero-order valence-corrected chi connectivity index (χ0v) is 5.62. The van der Waals surface area contributed by atoms with Gasteiger partial charge in [0.2, 0.25) is 11.5 Å². The molecule has 2 heterocycles. The third kappa shape index (κ3) is 0.836. The molecule has 0 amide bonds. The van der Waals surface area contributed by atoms with Crippen molar-refractivity contribution in [1.82, 2.24) is 15.4 Å². The van der Waals surface area contributed by atoms with E-state index in [2.05, 4.69) is 30.5 Å². The average Bonchev–Trinajstić information content (AvgIpc) is 2.80. The second-order valence-corrected chi connectivity index (χ2v) is 1.89. The molecule has 0 unspecified atom stereocenters. The summed E-state index contributed by atoms with van der Waals surface area (Å²) in [6.07, 6.45) is 0. The smallest absolute Gasteiger partial charge is 0.249 e. The van der Waals surface area contributed by atoms with Crippen LogP contribution in [-0.2, 0) is 0 Å². The summed E-state index contributed by atoms with van der Waals surface area (Å²) in [7, 11) is 0. The van der Waals surface area contributed by atoms with Gasteiger partial charge in [-0.25, -0.2) is 4.63 Å². The Morgan fingerprint density at radius 3 is 2.67 bits per heavy atom. The van der Waals surface area contributed by atoms with Crippen LogP contribution in [0.3, 0.4) is 0 Å². The molecule has 12 heavy (non-hydrogen) atoms. The van der Waals surface area contributed by atoms with E-state index >= 15 is 0 Å². The first kappa shape index (κ1) is 6.52. The molecule has 0 fully saturated rings. The highest BCUT2D eigenvalue weighted by Crippen LogP contribution is 2.16. The Morgan fingerprint density at radius 1 is 1.50 bits per heavy atom. The van der Waals surface area contributed by atoms with E-state index in [-0.39, 0.29) is 17.3 Å². The molecular weight excluding hydrogens is 166 g/mol. The maximum absolute atomic E-state index is 8.49. The monoisotopic (exact) mass is 169 g/mol. The molecule has 0 aliphatic carbocycles. The van der Waals surface area contributed by atoms with Gasteiger partial charge in [-0.05, 0) is 20.8 Å². The van der Waals surface area contributed by atoms with Gasteiger partial charge in [0.25, 0.3) is 0 Å². The molecule has 62 valence electrons. The molecule has 2 rings (SSSR count). The Labute approximate surface area is 65.1 Å². The molecule has 0 bridgehead atoms. The lowest BCUT2D eigenvalue weighted by Gasteiger charge is -1.93. The highest BCUT2D eigenvalue weighted by molar-refractivity contribution is 6.00. The Morgan fingerprint density at radius 2 is 2.25 bits per heavy atom. The van der Waals surface area contributed by atoms with E-state index in [4.69, 9.17) is 10.9 Å². The molecule has 1 aromatic rings. The first-order chi connectivity index (χ1) is 5.83. The van der Waals surface area contributed by atoms with Crippen LogP contribution in [0.5, 0.6) is 0 Å². The van der Waals surface area contributed by atoms with Crippen LogP contribution in [0.1, 0.15) is 5.69 Å². The first-order valence-electron chi connectivity index (χ1n) is 2.85. The summed E-state index contributed by atoms with van der Waals surface area (Å²) in [6.45, 7) is 0. The van der Waals surface area contributed by atoms with Crippen molar-refractivity contribution in [3.63, 3.8) is 0 Å². The van der Waals surface area contributed by atoms with E-state index in [1.807, 2.05) is 0 Å². The van der Waals surface area contributed by atoms with Gasteiger partial charge in [0, 0.05) is 0 Å². The summed E-state index contributed by atoms with van der Waals surface area (Å²) in [6, 6.07) is 0. The topological polar surface area (TPSA) is 125 Å². The van der Waals surface area contributed by atoms with Crippen molar-refractivity contribution in [2.45, 2.75) is 0 Å². The van der Waals surface area contributed by atoms with Gasteiger partial charge in [-0.15, -0.1) is 0 Å². The molecule has 0 saturated carbocycles. The number of nitrogen functional groups attached to an aromatic ring is 1. The first-order valence-corrected chi connectivity index (χ1v) is 2.85. The van der Waals surface area contributed by atoms with Gasteiger partial charge >= 0.3 is 0 Å². The van der Waals surface area contributed by atoms with Gasteiger partial charge in [0.05, 0.1) is 0 Å². The molecule has 9 nitrogen and oxygen atoms in total. The quantitative estimate of drug-likeness (QED) is 0.250. The second kappa shape index (κ2) is 2.15. The molecule has 1 aromatic heterocycles. The number of rotatable bonds is 1. The lowest BCUT2D eigenvalue weighted by Crippen LogP contribution is -2.14. The summed E-state index contributed by atoms with van der Waals surface area (Å²) in [5.74, 6) is -0.00569. The van der Waals surface area contributed by atoms with Crippen LogP contribution in [0.4, 0.5) is 5.82 Å². The summed E-state index contributed by atoms with van der Waals surface area (Å²) < 4.78 is 4.28. The van der Waals surface area contributed by atoms with E-state index in [1.165, 1.54) is 0 Å². The summed E-state index contributed by atoms with van der Waals surface area (Å²) >= 11 is 0. The highest BCUT2D eigenvalue weighted by atomic mass is 16.6. The van der Waals surface area contributed by atoms with E-state index in [0.29, 0.717) is 0 Å². The van der Waals surface area contributed by atoms with E-state index in [0.717, 1.165) is 5.12 Å². The number of nitrogens with two attached hydrogens (primary N) is 1. The number of hydrogen-bond acceptors (Lipinski definition) is 8. The van der Waals surface area contributed by atoms with Gasteiger partial charge in [-0.1, -0.05) is 10.3 Å². The lowest BCUT2D eigenvalue weighted by molar-refractivity contribution is 0.301. The molecule has 3 N–H and O–H groups in total. The molecule has 0 spiro atoms. The minimum absolute atomic E-state index is 0.0140. The minimum atomic E-state index is -0.0197. The van der Waals surface area contributed by atoms with Crippen molar-refractivity contribution in [3.8, 4) is 0 Å². The van der Waals surface area contributed by atoms with Crippen LogP contribution in [0.2, 0.25) is 0 Å². The van der Waals surface area contributed by atoms with Gasteiger partial charge in [-0.2, -0.15) is 0 Å². The number of nitrogens with zero attached hydrogens (tertiary/aromatic N) is 6. The van der Waals surface area contributed by atoms with Crippen LogP contribution in [-0.4, -0.2) is 26.5 Å². The number of oxime groups is 1. The van der Waals surface area contributed by atoms with Gasteiger partial charge < -0.3 is 10.9 Å². The average molecular weight is 169 g/mol. The summed E-state index contributed by atoms with van der Waals surface area (Å²) in [5.41, 5.74) is 5.41. The fraction of sp³-hybridized carbons (Fsp3) is 0. The molecule has 0 atom stereocenters. The summed E-state index contributed by atoms with van der Waals surface area (Å²) in [4.78, 5) is 0. The van der Waals surface area contributed by atoms with Crippen molar-refractivity contribution >= 4 is 11.7 Å². The van der Waals surface area contributed by atoms with Crippen LogP contribution < -0.4 is 5.73 Å². The van der Waals surface area contributed by atoms with Crippen molar-refractivity contribution in [2.75, 3.05) is 5.73 Å². The normalized spacial score (nSPS) is 15.3. The number of aromatic nitrogens is 2. The van der Waals surface area contributed by atoms with Crippen LogP contribution in [0.25, 0.3) is 0 Å². The molecule has 1 aliphatic heterocycles. The standard InChI is InChI=1S/C3H3N7O2/c4-2-1(6-12-7-2)3(5-11)10-8-9-10/h11H,(H2,4,7)/b5-3+. The summed E-state index contributed by atoms with van der Waals surface area (Å²) in [5, 5.41) is 25.8. The molecule has 9 heteroatoms. The van der Waals surface area contributed by atoms with Crippen molar-refractivity contribution in [2.24, 2.45) is 15.6 Å². The van der Waals surface area contributed by atoms with Crippen molar-refractivity contribution < 1.29 is 9.84 Å². The second-order valence-electron chi connectivity index (χ2n) is 1.89. The largest absolute Gasteiger partial charge is 0.409 e. The minimum Gasteiger partial charge on any atom is -0.409 e. The Bertz CT molecular complexity index is 347. The predicted octanol–water partition coefficient (Wildman–Crippen LogP) is -0.615. The molecule has 1 aliphatic rings. The van der Waals surface area contributed by atoms with Crippen LogP contribution >= 0.6 is 0 Å². The third-order valence-electron chi connectivity index (χ3n) is 1.19.